The van der Waals surface area contributed by atoms with Gasteiger partial charge in [0.2, 0.25) is 5.13 Å². The van der Waals surface area contributed by atoms with Gasteiger partial charge in [-0.3, -0.25) is 10.1 Å². The molecule has 0 aliphatic rings. The van der Waals surface area contributed by atoms with Crippen LogP contribution in [0.4, 0.5) is 10.9 Å². The number of hydrogen-bond donors (Lipinski definition) is 2. The molecule has 1 unspecified atom stereocenters. The van der Waals surface area contributed by atoms with Gasteiger partial charge in [0.15, 0.2) is 0 Å². The molecule has 140 valence electrons. The van der Waals surface area contributed by atoms with Gasteiger partial charge in [-0.15, -0.1) is 10.2 Å². The number of amides is 1. The van der Waals surface area contributed by atoms with Crippen molar-refractivity contribution in [1.29, 1.82) is 0 Å². The largest absolute Gasteiger partial charge is 0.366 e. The van der Waals surface area contributed by atoms with Crippen LogP contribution in [-0.4, -0.2) is 45.6 Å². The highest BCUT2D eigenvalue weighted by molar-refractivity contribution is 7.13. The summed E-state index contributed by atoms with van der Waals surface area (Å²) in [5.74, 6) is 0.490. The summed E-state index contributed by atoms with van der Waals surface area (Å²) in [5.41, 5.74) is 3.33. The van der Waals surface area contributed by atoms with Crippen molar-refractivity contribution in [3.05, 3.63) is 65.3 Å². The van der Waals surface area contributed by atoms with E-state index in [1.54, 1.807) is 17.8 Å². The van der Waals surface area contributed by atoms with Crippen molar-refractivity contribution in [2.75, 3.05) is 24.2 Å². The summed E-state index contributed by atoms with van der Waals surface area (Å²) in [6, 6.07) is 14.1. The maximum Gasteiger partial charge on any atom is 0.259 e. The van der Waals surface area contributed by atoms with Gasteiger partial charge in [0.25, 0.3) is 5.91 Å². The lowest BCUT2D eigenvalue weighted by atomic mass is 10.2. The van der Waals surface area contributed by atoms with E-state index in [2.05, 4.69) is 69.0 Å². The minimum absolute atomic E-state index is 0.215. The van der Waals surface area contributed by atoms with Gasteiger partial charge < -0.3 is 10.2 Å². The molecule has 8 heteroatoms. The zero-order valence-corrected chi connectivity index (χ0v) is 16.1. The van der Waals surface area contributed by atoms with Crippen LogP contribution >= 0.6 is 11.3 Å². The minimum atomic E-state index is -0.249. The van der Waals surface area contributed by atoms with E-state index in [4.69, 9.17) is 0 Å². The number of carbonyl (C=O) groups excluding carboxylic acids is 1. The fourth-order valence-corrected chi connectivity index (χ4v) is 3.18. The van der Waals surface area contributed by atoms with Crippen LogP contribution in [0.5, 0.6) is 0 Å². The maximum absolute atomic E-state index is 12.1. The van der Waals surface area contributed by atoms with Gasteiger partial charge in [-0.05, 0) is 31.7 Å². The molecule has 2 N–H and O–H groups in total. The Morgan fingerprint density at radius 2 is 2.04 bits per heavy atom. The SMILES string of the molecule is CC(CN(C)Cc1ccccc1)Nc1ccc(C(=O)Nc2nncs2)cn1. The molecule has 1 atom stereocenters. The third-order valence-electron chi connectivity index (χ3n) is 3.88. The van der Waals surface area contributed by atoms with Gasteiger partial charge >= 0.3 is 0 Å². The molecule has 0 spiro atoms. The molecule has 0 aliphatic carbocycles. The van der Waals surface area contributed by atoms with Crippen molar-refractivity contribution in [1.82, 2.24) is 20.1 Å². The third-order valence-corrected chi connectivity index (χ3v) is 4.49. The number of rotatable bonds is 8. The van der Waals surface area contributed by atoms with Gasteiger partial charge in [-0.1, -0.05) is 41.7 Å². The van der Waals surface area contributed by atoms with E-state index in [0.717, 1.165) is 18.9 Å². The summed E-state index contributed by atoms with van der Waals surface area (Å²) in [6.07, 6.45) is 1.55. The highest BCUT2D eigenvalue weighted by Crippen LogP contribution is 2.12. The summed E-state index contributed by atoms with van der Waals surface area (Å²) in [6.45, 7) is 3.88. The summed E-state index contributed by atoms with van der Waals surface area (Å²) in [4.78, 5) is 18.7. The van der Waals surface area contributed by atoms with Gasteiger partial charge in [0.05, 0.1) is 5.56 Å². The monoisotopic (exact) mass is 382 g/mol. The van der Waals surface area contributed by atoms with E-state index >= 15 is 0 Å². The first-order chi connectivity index (χ1) is 13.1. The molecule has 0 fully saturated rings. The molecular formula is C19H22N6OS. The average Bonchev–Trinajstić information content (AvgIpc) is 3.16. The van der Waals surface area contributed by atoms with E-state index in [0.29, 0.717) is 10.7 Å². The zero-order chi connectivity index (χ0) is 19.1. The van der Waals surface area contributed by atoms with Crippen molar-refractivity contribution in [2.24, 2.45) is 0 Å². The number of carbonyl (C=O) groups is 1. The Balaban J connectivity index is 1.49. The van der Waals surface area contributed by atoms with Crippen molar-refractivity contribution < 1.29 is 4.79 Å². The van der Waals surface area contributed by atoms with Crippen LogP contribution in [0, 0.1) is 0 Å². The lowest BCUT2D eigenvalue weighted by Gasteiger charge is -2.22. The van der Waals surface area contributed by atoms with Crippen LogP contribution in [0.25, 0.3) is 0 Å². The van der Waals surface area contributed by atoms with Gasteiger partial charge in [0, 0.05) is 25.3 Å². The number of likely N-dealkylation sites (N-methyl/N-ethyl adjacent to an activating group) is 1. The van der Waals surface area contributed by atoms with Crippen LogP contribution in [0.3, 0.4) is 0 Å². The minimum Gasteiger partial charge on any atom is -0.366 e. The average molecular weight is 382 g/mol. The summed E-state index contributed by atoms with van der Waals surface area (Å²) < 4.78 is 0. The van der Waals surface area contributed by atoms with Crippen LogP contribution in [0.15, 0.2) is 54.2 Å². The third kappa shape index (κ3) is 5.83. The number of nitrogens with one attached hydrogen (secondary N) is 2. The molecule has 3 aromatic rings. The van der Waals surface area contributed by atoms with Gasteiger partial charge in [-0.25, -0.2) is 4.98 Å². The topological polar surface area (TPSA) is 83.0 Å². The molecule has 1 aromatic carbocycles. The molecule has 0 radical (unpaired) electrons. The molecule has 27 heavy (non-hydrogen) atoms. The van der Waals surface area contributed by atoms with E-state index in [-0.39, 0.29) is 11.9 Å². The Morgan fingerprint density at radius 3 is 2.70 bits per heavy atom. The van der Waals surface area contributed by atoms with Gasteiger partial charge in [0.1, 0.15) is 11.3 Å². The summed E-state index contributed by atoms with van der Waals surface area (Å²) in [5, 5.41) is 14.0. The number of nitrogens with zero attached hydrogens (tertiary/aromatic N) is 4. The second-order valence-corrected chi connectivity index (χ2v) is 7.19. The quantitative estimate of drug-likeness (QED) is 0.623. The summed E-state index contributed by atoms with van der Waals surface area (Å²) in [7, 11) is 2.10. The predicted molar refractivity (Wildman–Crippen MR) is 108 cm³/mol. The fraction of sp³-hybridized carbons (Fsp3) is 0.263. The highest BCUT2D eigenvalue weighted by Gasteiger charge is 2.11. The lowest BCUT2D eigenvalue weighted by molar-refractivity contribution is 0.102. The second kappa shape index (κ2) is 9.20. The Hall–Kier alpha value is -2.84. The lowest BCUT2D eigenvalue weighted by Crippen LogP contribution is -2.32. The normalized spacial score (nSPS) is 12.0. The number of pyridine rings is 1. The van der Waals surface area contributed by atoms with Crippen LogP contribution in [0.2, 0.25) is 0 Å². The molecule has 0 saturated carbocycles. The molecule has 0 aliphatic heterocycles. The number of benzene rings is 1. The van der Waals surface area contributed by atoms with Crippen molar-refractivity contribution in [2.45, 2.75) is 19.5 Å². The predicted octanol–water partition coefficient (Wildman–Crippen LogP) is 3.12. The first-order valence-electron chi connectivity index (χ1n) is 8.63. The van der Waals surface area contributed by atoms with Crippen molar-refractivity contribution in [3.63, 3.8) is 0 Å². The Morgan fingerprint density at radius 1 is 1.22 bits per heavy atom. The first kappa shape index (κ1) is 18.9. The molecule has 0 bridgehead atoms. The standard InChI is InChI=1S/C19H22N6OS/c1-14(11-25(2)12-15-6-4-3-5-7-15)22-17-9-8-16(10-20-17)18(26)23-19-24-21-13-27-19/h3-10,13-14H,11-12H2,1-2H3,(H,20,22)(H,23,24,26). The Kier molecular flexibility index (Phi) is 6.45. The molecule has 2 aromatic heterocycles. The van der Waals surface area contributed by atoms with Gasteiger partial charge in [-0.2, -0.15) is 0 Å². The van der Waals surface area contributed by atoms with Crippen LogP contribution in [0.1, 0.15) is 22.8 Å². The first-order valence-corrected chi connectivity index (χ1v) is 9.50. The number of anilines is 2. The molecular weight excluding hydrogens is 360 g/mol. The number of hydrogen-bond acceptors (Lipinski definition) is 7. The zero-order valence-electron chi connectivity index (χ0n) is 15.3. The van der Waals surface area contributed by atoms with Crippen LogP contribution < -0.4 is 10.6 Å². The van der Waals surface area contributed by atoms with E-state index in [1.165, 1.54) is 16.9 Å². The Labute approximate surface area is 162 Å². The second-order valence-electron chi connectivity index (χ2n) is 6.36. The molecule has 7 nitrogen and oxygen atoms in total. The molecule has 0 saturated heterocycles. The number of aromatic nitrogens is 3. The van der Waals surface area contributed by atoms with Crippen LogP contribution in [-0.2, 0) is 6.54 Å². The smallest absolute Gasteiger partial charge is 0.259 e. The fourth-order valence-electron chi connectivity index (χ4n) is 2.74. The highest BCUT2D eigenvalue weighted by atomic mass is 32.1. The maximum atomic E-state index is 12.1. The van der Waals surface area contributed by atoms with E-state index < -0.39 is 0 Å². The molecule has 1 amide bonds. The Bertz CT molecular complexity index is 838. The summed E-state index contributed by atoms with van der Waals surface area (Å²) >= 11 is 1.27. The van der Waals surface area contributed by atoms with Crippen molar-refractivity contribution in [3.8, 4) is 0 Å². The van der Waals surface area contributed by atoms with E-state index in [1.807, 2.05) is 12.1 Å². The molecule has 3 rings (SSSR count). The molecule has 2 heterocycles. The van der Waals surface area contributed by atoms with E-state index in [9.17, 15) is 4.79 Å². The van der Waals surface area contributed by atoms with Crippen molar-refractivity contribution >= 4 is 28.2 Å².